The van der Waals surface area contributed by atoms with Crippen LogP contribution in [-0.2, 0) is 21.2 Å². The van der Waals surface area contributed by atoms with Crippen LogP contribution < -0.4 is 5.32 Å². The SMILES string of the molecule is CCc1nc(-c2cccc(S(=O)(=O)N3CCC(C(=O)Nc4ccc(Cl)cn4)CC3)c2)no1. The van der Waals surface area contributed by atoms with Crippen molar-refractivity contribution in [1.82, 2.24) is 19.4 Å². The predicted octanol–water partition coefficient (Wildman–Crippen LogP) is 3.39. The quantitative estimate of drug-likeness (QED) is 0.580. The molecule has 0 saturated carbocycles. The third-order valence-corrected chi connectivity index (χ3v) is 7.42. The molecule has 1 saturated heterocycles. The molecule has 168 valence electrons. The van der Waals surface area contributed by atoms with Crippen LogP contribution in [0.3, 0.4) is 0 Å². The molecule has 0 spiro atoms. The van der Waals surface area contributed by atoms with Crippen molar-refractivity contribution in [2.75, 3.05) is 18.4 Å². The van der Waals surface area contributed by atoms with E-state index in [1.165, 1.54) is 10.5 Å². The van der Waals surface area contributed by atoms with Crippen LogP contribution in [0.4, 0.5) is 5.82 Å². The summed E-state index contributed by atoms with van der Waals surface area (Å²) < 4.78 is 32.9. The van der Waals surface area contributed by atoms with Gasteiger partial charge < -0.3 is 9.84 Å². The summed E-state index contributed by atoms with van der Waals surface area (Å²) in [5, 5.41) is 7.15. The number of pyridine rings is 1. The summed E-state index contributed by atoms with van der Waals surface area (Å²) in [5.41, 5.74) is 0.569. The first kappa shape index (κ1) is 22.4. The van der Waals surface area contributed by atoms with Crippen molar-refractivity contribution < 1.29 is 17.7 Å². The molecule has 0 atom stereocenters. The molecule has 1 fully saturated rings. The molecule has 1 aromatic carbocycles. The van der Waals surface area contributed by atoms with E-state index in [-0.39, 0.29) is 29.8 Å². The van der Waals surface area contributed by atoms with Crippen LogP contribution in [-0.4, -0.2) is 46.8 Å². The molecule has 3 heterocycles. The average Bonchev–Trinajstić information content (AvgIpc) is 3.30. The molecule has 11 heteroatoms. The van der Waals surface area contributed by atoms with Crippen LogP contribution in [0.1, 0.15) is 25.7 Å². The lowest BCUT2D eigenvalue weighted by Crippen LogP contribution is -2.41. The summed E-state index contributed by atoms with van der Waals surface area (Å²) in [6.45, 7) is 2.40. The Balaban J connectivity index is 1.42. The predicted molar refractivity (Wildman–Crippen MR) is 118 cm³/mol. The smallest absolute Gasteiger partial charge is 0.243 e. The number of hydrogen-bond acceptors (Lipinski definition) is 7. The Labute approximate surface area is 190 Å². The van der Waals surface area contributed by atoms with Gasteiger partial charge in [-0.3, -0.25) is 4.79 Å². The van der Waals surface area contributed by atoms with Gasteiger partial charge in [-0.1, -0.05) is 35.8 Å². The van der Waals surface area contributed by atoms with Gasteiger partial charge in [-0.15, -0.1) is 0 Å². The molecule has 0 unspecified atom stereocenters. The summed E-state index contributed by atoms with van der Waals surface area (Å²) >= 11 is 5.81. The Morgan fingerprint density at radius 2 is 2.03 bits per heavy atom. The number of anilines is 1. The number of aromatic nitrogens is 3. The van der Waals surface area contributed by atoms with Crippen molar-refractivity contribution >= 4 is 33.3 Å². The summed E-state index contributed by atoms with van der Waals surface area (Å²) in [4.78, 5) is 21.0. The van der Waals surface area contributed by atoms with Crippen molar-refractivity contribution in [3.63, 3.8) is 0 Å². The maximum absolute atomic E-state index is 13.2. The lowest BCUT2D eigenvalue weighted by atomic mass is 9.97. The van der Waals surface area contributed by atoms with Crippen molar-refractivity contribution in [3.8, 4) is 11.4 Å². The van der Waals surface area contributed by atoms with Crippen LogP contribution in [0.2, 0.25) is 5.02 Å². The Morgan fingerprint density at radius 3 is 2.69 bits per heavy atom. The molecule has 2 aromatic heterocycles. The van der Waals surface area contributed by atoms with Crippen molar-refractivity contribution in [2.24, 2.45) is 5.92 Å². The summed E-state index contributed by atoms with van der Waals surface area (Å²) in [5.74, 6) is 0.784. The second kappa shape index (κ2) is 9.35. The number of aryl methyl sites for hydroxylation is 1. The number of rotatable bonds is 6. The van der Waals surface area contributed by atoms with Crippen LogP contribution >= 0.6 is 11.6 Å². The van der Waals surface area contributed by atoms with E-state index in [1.54, 1.807) is 36.4 Å². The third-order valence-electron chi connectivity index (χ3n) is 5.30. The number of sulfonamides is 1. The molecule has 1 N–H and O–H groups in total. The monoisotopic (exact) mass is 475 g/mol. The molecular weight excluding hydrogens is 454 g/mol. The second-order valence-corrected chi connectivity index (χ2v) is 9.80. The molecule has 32 heavy (non-hydrogen) atoms. The van der Waals surface area contributed by atoms with Gasteiger partial charge in [0, 0.05) is 37.2 Å². The fourth-order valence-electron chi connectivity index (χ4n) is 3.50. The molecule has 9 nitrogen and oxygen atoms in total. The number of hydrogen-bond donors (Lipinski definition) is 1. The zero-order valence-corrected chi connectivity index (χ0v) is 18.9. The molecule has 0 bridgehead atoms. The van der Waals surface area contributed by atoms with E-state index >= 15 is 0 Å². The lowest BCUT2D eigenvalue weighted by molar-refractivity contribution is -0.120. The van der Waals surface area contributed by atoms with E-state index in [0.29, 0.717) is 47.4 Å². The van der Waals surface area contributed by atoms with Gasteiger partial charge in [0.25, 0.3) is 0 Å². The van der Waals surface area contributed by atoms with Gasteiger partial charge in [-0.05, 0) is 37.1 Å². The summed E-state index contributed by atoms with van der Waals surface area (Å²) in [7, 11) is -3.72. The van der Waals surface area contributed by atoms with E-state index in [0.717, 1.165) is 0 Å². The van der Waals surface area contributed by atoms with Gasteiger partial charge in [0.15, 0.2) is 0 Å². The molecule has 0 aliphatic carbocycles. The van der Waals surface area contributed by atoms with Crippen molar-refractivity contribution in [3.05, 3.63) is 53.5 Å². The van der Waals surface area contributed by atoms with E-state index in [4.69, 9.17) is 16.1 Å². The number of carbonyl (C=O) groups is 1. The van der Waals surface area contributed by atoms with Crippen LogP contribution in [0.15, 0.2) is 52.0 Å². The summed E-state index contributed by atoms with van der Waals surface area (Å²) in [6.07, 6.45) is 2.89. The standard InChI is InChI=1S/C21H22ClN5O4S/c1-2-19-25-20(26-31-19)15-4-3-5-17(12-15)32(29,30)27-10-8-14(9-11-27)21(28)24-18-7-6-16(22)13-23-18/h3-7,12-14H,2,8-11H2,1H3,(H,23,24,28). The van der Waals surface area contributed by atoms with Crippen LogP contribution in [0.5, 0.6) is 0 Å². The fraction of sp³-hybridized carbons (Fsp3) is 0.333. The zero-order valence-electron chi connectivity index (χ0n) is 17.4. The molecular formula is C21H22ClN5O4S. The Bertz CT molecular complexity index is 1200. The highest BCUT2D eigenvalue weighted by molar-refractivity contribution is 7.89. The van der Waals surface area contributed by atoms with Gasteiger partial charge in [0.1, 0.15) is 5.82 Å². The van der Waals surface area contributed by atoms with E-state index in [1.807, 2.05) is 6.92 Å². The number of nitrogens with one attached hydrogen (secondary N) is 1. The topological polar surface area (TPSA) is 118 Å². The number of carbonyl (C=O) groups excluding carboxylic acids is 1. The Kier molecular flexibility index (Phi) is 6.54. The second-order valence-electron chi connectivity index (χ2n) is 7.42. The third kappa shape index (κ3) is 4.82. The minimum Gasteiger partial charge on any atom is -0.339 e. The highest BCUT2D eigenvalue weighted by atomic mass is 35.5. The first-order valence-corrected chi connectivity index (χ1v) is 12.0. The maximum atomic E-state index is 13.2. The first-order valence-electron chi connectivity index (χ1n) is 10.2. The minimum absolute atomic E-state index is 0.158. The van der Waals surface area contributed by atoms with E-state index < -0.39 is 10.0 Å². The van der Waals surface area contributed by atoms with Crippen LogP contribution in [0.25, 0.3) is 11.4 Å². The van der Waals surface area contributed by atoms with E-state index in [9.17, 15) is 13.2 Å². The highest BCUT2D eigenvalue weighted by Crippen LogP contribution is 2.27. The summed E-state index contributed by atoms with van der Waals surface area (Å²) in [6, 6.07) is 9.76. The van der Waals surface area contributed by atoms with E-state index in [2.05, 4.69) is 20.4 Å². The van der Waals surface area contributed by atoms with Gasteiger partial charge in [-0.25, -0.2) is 13.4 Å². The highest BCUT2D eigenvalue weighted by Gasteiger charge is 2.32. The average molecular weight is 476 g/mol. The molecule has 0 radical (unpaired) electrons. The lowest BCUT2D eigenvalue weighted by Gasteiger charge is -2.30. The normalized spacial score (nSPS) is 15.6. The minimum atomic E-state index is -3.72. The Hall–Kier alpha value is -2.82. The zero-order chi connectivity index (χ0) is 22.7. The Morgan fingerprint density at radius 1 is 1.25 bits per heavy atom. The molecule has 1 amide bonds. The number of piperidine rings is 1. The molecule has 3 aromatic rings. The van der Waals surface area contributed by atoms with Crippen LogP contribution in [0, 0.1) is 5.92 Å². The number of amides is 1. The van der Waals surface area contributed by atoms with Gasteiger partial charge in [-0.2, -0.15) is 9.29 Å². The maximum Gasteiger partial charge on any atom is 0.243 e. The number of benzene rings is 1. The number of halogens is 1. The van der Waals surface area contributed by atoms with Gasteiger partial charge in [0.05, 0.1) is 9.92 Å². The fourth-order valence-corrected chi connectivity index (χ4v) is 5.12. The molecule has 4 rings (SSSR count). The van der Waals surface area contributed by atoms with Crippen molar-refractivity contribution in [2.45, 2.75) is 31.1 Å². The first-order chi connectivity index (χ1) is 15.4. The number of nitrogens with zero attached hydrogens (tertiary/aromatic N) is 4. The van der Waals surface area contributed by atoms with Gasteiger partial charge >= 0.3 is 0 Å². The molecule has 1 aliphatic heterocycles. The largest absolute Gasteiger partial charge is 0.339 e. The van der Waals surface area contributed by atoms with Crippen molar-refractivity contribution in [1.29, 1.82) is 0 Å². The molecule has 1 aliphatic rings. The van der Waals surface area contributed by atoms with Gasteiger partial charge in [0.2, 0.25) is 27.6 Å².